The smallest absolute Gasteiger partial charge is 0.271 e. The normalized spacial score (nSPS) is 23.2. The number of ketones is 1. The Morgan fingerprint density at radius 1 is 1.03 bits per heavy atom. The van der Waals surface area contributed by atoms with E-state index >= 15 is 0 Å². The second kappa shape index (κ2) is 6.43. The molecule has 5 rings (SSSR count). The van der Waals surface area contributed by atoms with Crippen LogP contribution in [0.15, 0.2) is 66.7 Å². The number of anilines is 1. The molecule has 0 saturated heterocycles. The molecule has 3 aromatic rings. The first-order valence-electron chi connectivity index (χ1n) is 10.2. The molecule has 0 radical (unpaired) electrons. The molecule has 1 aliphatic carbocycles. The van der Waals surface area contributed by atoms with Gasteiger partial charge in [0.2, 0.25) is 11.3 Å². The standard InChI is InChI=1S/C25H22N2O4/c1-14(2)16-11-12-17-20(13-16)31-25(30)18-9-6-10-19(26)21(18)22(28)24(17,25)27-23(29)15-7-4-3-5-8-15/h3-14,30H,26H2,1-2H3,(H,27,29). The number of carbonyl (C=O) groups is 2. The van der Waals surface area contributed by atoms with Crippen LogP contribution in [0.5, 0.6) is 5.75 Å². The molecule has 1 heterocycles. The molecule has 1 aliphatic heterocycles. The molecule has 3 aromatic carbocycles. The molecule has 31 heavy (non-hydrogen) atoms. The molecule has 156 valence electrons. The number of amides is 1. The van der Waals surface area contributed by atoms with E-state index in [4.69, 9.17) is 10.5 Å². The van der Waals surface area contributed by atoms with Gasteiger partial charge in [0.05, 0.1) is 5.56 Å². The zero-order chi connectivity index (χ0) is 22.0. The van der Waals surface area contributed by atoms with Crippen molar-refractivity contribution in [3.63, 3.8) is 0 Å². The van der Waals surface area contributed by atoms with Crippen molar-refractivity contribution in [2.45, 2.75) is 31.1 Å². The number of nitrogens with two attached hydrogens (primary N) is 1. The van der Waals surface area contributed by atoms with E-state index in [-0.39, 0.29) is 22.7 Å². The lowest BCUT2D eigenvalue weighted by atomic mass is 9.82. The summed E-state index contributed by atoms with van der Waals surface area (Å²) in [5.74, 6) is -2.52. The number of benzene rings is 3. The minimum absolute atomic E-state index is 0.164. The van der Waals surface area contributed by atoms with Crippen LogP contribution in [0.4, 0.5) is 5.69 Å². The van der Waals surface area contributed by atoms with Gasteiger partial charge in [0.15, 0.2) is 0 Å². The van der Waals surface area contributed by atoms with E-state index in [1.165, 1.54) is 0 Å². The summed E-state index contributed by atoms with van der Waals surface area (Å²) in [7, 11) is 0. The highest BCUT2D eigenvalue weighted by molar-refractivity contribution is 6.16. The second-order valence-corrected chi connectivity index (χ2v) is 8.33. The first kappa shape index (κ1) is 19.3. The number of ether oxygens (including phenoxy) is 1. The van der Waals surface area contributed by atoms with Gasteiger partial charge in [-0.3, -0.25) is 9.59 Å². The zero-order valence-corrected chi connectivity index (χ0v) is 17.2. The van der Waals surface area contributed by atoms with Crippen molar-refractivity contribution >= 4 is 17.4 Å². The van der Waals surface area contributed by atoms with Gasteiger partial charge in [-0.05, 0) is 35.7 Å². The summed E-state index contributed by atoms with van der Waals surface area (Å²) >= 11 is 0. The minimum atomic E-state index is -2.11. The zero-order valence-electron chi connectivity index (χ0n) is 17.2. The van der Waals surface area contributed by atoms with Gasteiger partial charge in [-0.1, -0.05) is 56.3 Å². The van der Waals surface area contributed by atoms with Gasteiger partial charge in [0.1, 0.15) is 5.75 Å². The van der Waals surface area contributed by atoms with E-state index in [2.05, 4.69) is 5.32 Å². The summed E-state index contributed by atoms with van der Waals surface area (Å²) < 4.78 is 6.07. The second-order valence-electron chi connectivity index (χ2n) is 8.33. The van der Waals surface area contributed by atoms with Gasteiger partial charge < -0.3 is 20.9 Å². The Morgan fingerprint density at radius 3 is 2.48 bits per heavy atom. The van der Waals surface area contributed by atoms with E-state index in [1.807, 2.05) is 26.0 Å². The number of aliphatic hydroxyl groups is 1. The fraction of sp³-hybridized carbons (Fsp3) is 0.200. The highest BCUT2D eigenvalue weighted by Gasteiger charge is 2.72. The maximum Gasteiger partial charge on any atom is 0.271 e. The number of hydrogen-bond acceptors (Lipinski definition) is 5. The Kier molecular flexibility index (Phi) is 4.01. The highest BCUT2D eigenvalue weighted by Crippen LogP contribution is 2.59. The van der Waals surface area contributed by atoms with Crippen molar-refractivity contribution in [2.24, 2.45) is 0 Å². The highest BCUT2D eigenvalue weighted by atomic mass is 16.6. The van der Waals surface area contributed by atoms with Crippen molar-refractivity contribution < 1.29 is 19.4 Å². The lowest BCUT2D eigenvalue weighted by Crippen LogP contribution is -2.60. The molecule has 0 fully saturated rings. The fourth-order valence-electron chi connectivity index (χ4n) is 4.58. The number of Topliss-reactive ketones (excluding diaryl/α,β-unsaturated/α-hetero) is 1. The monoisotopic (exact) mass is 414 g/mol. The van der Waals surface area contributed by atoms with Gasteiger partial charge in [-0.25, -0.2) is 0 Å². The average molecular weight is 414 g/mol. The number of hydrogen-bond donors (Lipinski definition) is 3. The minimum Gasteiger partial charge on any atom is -0.454 e. The molecule has 6 nitrogen and oxygen atoms in total. The number of carbonyl (C=O) groups excluding carboxylic acids is 2. The van der Waals surface area contributed by atoms with Crippen LogP contribution in [0, 0.1) is 0 Å². The lowest BCUT2D eigenvalue weighted by Gasteiger charge is -2.34. The van der Waals surface area contributed by atoms with E-state index in [9.17, 15) is 14.7 Å². The summed E-state index contributed by atoms with van der Waals surface area (Å²) in [5.41, 5.74) is 6.66. The Balaban J connectivity index is 1.74. The summed E-state index contributed by atoms with van der Waals surface area (Å²) in [6.45, 7) is 4.08. The predicted molar refractivity (Wildman–Crippen MR) is 116 cm³/mol. The van der Waals surface area contributed by atoms with E-state index < -0.39 is 23.0 Å². The molecule has 4 N–H and O–H groups in total. The summed E-state index contributed by atoms with van der Waals surface area (Å²) in [4.78, 5) is 27.0. The van der Waals surface area contributed by atoms with Gasteiger partial charge in [0, 0.05) is 22.4 Å². The number of nitrogens with one attached hydrogen (secondary N) is 1. The van der Waals surface area contributed by atoms with Crippen molar-refractivity contribution in [3.8, 4) is 5.75 Å². The van der Waals surface area contributed by atoms with E-state index in [1.54, 1.807) is 54.6 Å². The van der Waals surface area contributed by atoms with E-state index in [0.717, 1.165) is 5.56 Å². The van der Waals surface area contributed by atoms with Crippen LogP contribution in [0.3, 0.4) is 0 Å². The molecule has 0 bridgehead atoms. The van der Waals surface area contributed by atoms with E-state index in [0.29, 0.717) is 16.9 Å². The molecule has 0 spiro atoms. The maximum absolute atomic E-state index is 13.8. The van der Waals surface area contributed by atoms with Crippen molar-refractivity contribution in [1.29, 1.82) is 0 Å². The summed E-state index contributed by atoms with van der Waals surface area (Å²) in [5, 5.41) is 14.7. The van der Waals surface area contributed by atoms with Crippen molar-refractivity contribution in [2.75, 3.05) is 5.73 Å². The Bertz CT molecular complexity index is 1240. The average Bonchev–Trinajstić information content (AvgIpc) is 3.12. The molecule has 0 saturated carbocycles. The van der Waals surface area contributed by atoms with Gasteiger partial charge in [-0.15, -0.1) is 0 Å². The van der Waals surface area contributed by atoms with Crippen molar-refractivity contribution in [1.82, 2.24) is 5.32 Å². The third-order valence-electron chi connectivity index (χ3n) is 6.21. The lowest BCUT2D eigenvalue weighted by molar-refractivity contribution is -0.169. The molecular formula is C25H22N2O4. The summed E-state index contributed by atoms with van der Waals surface area (Å²) in [6, 6.07) is 18.8. The van der Waals surface area contributed by atoms with Crippen LogP contribution in [0.25, 0.3) is 0 Å². The largest absolute Gasteiger partial charge is 0.454 e. The van der Waals surface area contributed by atoms with Gasteiger partial charge in [0.25, 0.3) is 11.7 Å². The quantitative estimate of drug-likeness (QED) is 0.570. The topological polar surface area (TPSA) is 102 Å². The van der Waals surface area contributed by atoms with Crippen LogP contribution in [-0.4, -0.2) is 16.8 Å². The number of nitrogen functional groups attached to an aromatic ring is 1. The van der Waals surface area contributed by atoms with Crippen LogP contribution < -0.4 is 15.8 Å². The van der Waals surface area contributed by atoms with Crippen LogP contribution in [-0.2, 0) is 11.3 Å². The first-order chi connectivity index (χ1) is 14.8. The Hall–Kier alpha value is -3.64. The van der Waals surface area contributed by atoms with Crippen LogP contribution >= 0.6 is 0 Å². The third-order valence-corrected chi connectivity index (χ3v) is 6.21. The fourth-order valence-corrected chi connectivity index (χ4v) is 4.58. The predicted octanol–water partition coefficient (Wildman–Crippen LogP) is 3.45. The van der Waals surface area contributed by atoms with Crippen LogP contribution in [0.2, 0.25) is 0 Å². The molecule has 6 heteroatoms. The van der Waals surface area contributed by atoms with Crippen molar-refractivity contribution in [3.05, 3.63) is 94.5 Å². The number of fused-ring (bicyclic) bond motifs is 5. The van der Waals surface area contributed by atoms with Gasteiger partial charge >= 0.3 is 0 Å². The Labute approximate surface area is 179 Å². The molecule has 2 aliphatic rings. The first-order valence-corrected chi connectivity index (χ1v) is 10.2. The molecular weight excluding hydrogens is 392 g/mol. The maximum atomic E-state index is 13.8. The Morgan fingerprint density at radius 2 is 1.77 bits per heavy atom. The molecule has 1 amide bonds. The summed E-state index contributed by atoms with van der Waals surface area (Å²) in [6.07, 6.45) is 0. The SMILES string of the molecule is CC(C)c1ccc2c(c1)OC1(O)c3cccc(N)c3C(=O)C21NC(=O)c1ccccc1. The third kappa shape index (κ3) is 2.42. The molecule has 2 atom stereocenters. The van der Waals surface area contributed by atoms with Crippen LogP contribution in [0.1, 0.15) is 57.2 Å². The number of rotatable bonds is 3. The molecule has 0 aromatic heterocycles. The van der Waals surface area contributed by atoms with Gasteiger partial charge in [-0.2, -0.15) is 0 Å². The molecule has 2 unspecified atom stereocenters.